The first-order valence-electron chi connectivity index (χ1n) is 6.41. The van der Waals surface area contributed by atoms with E-state index in [1.807, 2.05) is 12.3 Å². The van der Waals surface area contributed by atoms with Gasteiger partial charge < -0.3 is 4.90 Å². The van der Waals surface area contributed by atoms with Crippen LogP contribution in [-0.2, 0) is 0 Å². The van der Waals surface area contributed by atoms with Crippen LogP contribution in [0.25, 0.3) is 0 Å². The quantitative estimate of drug-likeness (QED) is 0.773. The van der Waals surface area contributed by atoms with Crippen LogP contribution in [-0.4, -0.2) is 18.1 Å². The molecule has 1 aromatic rings. The van der Waals surface area contributed by atoms with Crippen molar-refractivity contribution in [1.29, 1.82) is 0 Å². The van der Waals surface area contributed by atoms with Crippen molar-refractivity contribution < 1.29 is 0 Å². The van der Waals surface area contributed by atoms with E-state index < -0.39 is 0 Å². The van der Waals surface area contributed by atoms with Crippen LogP contribution in [0.2, 0.25) is 0 Å². The lowest BCUT2D eigenvalue weighted by molar-refractivity contribution is 0.337. The fourth-order valence-corrected chi connectivity index (χ4v) is 2.61. The van der Waals surface area contributed by atoms with Crippen molar-refractivity contribution in [3.05, 3.63) is 24.4 Å². The maximum atomic E-state index is 4.41. The maximum absolute atomic E-state index is 4.41. The van der Waals surface area contributed by atoms with E-state index in [4.69, 9.17) is 0 Å². The van der Waals surface area contributed by atoms with Gasteiger partial charge in [0.1, 0.15) is 5.82 Å². The number of pyridine rings is 1. The summed E-state index contributed by atoms with van der Waals surface area (Å²) in [5, 5.41) is 0. The molecule has 0 amide bonds. The first kappa shape index (κ1) is 11.4. The first-order chi connectivity index (χ1) is 7.75. The third-order valence-electron chi connectivity index (χ3n) is 3.39. The first-order valence-corrected chi connectivity index (χ1v) is 6.41. The van der Waals surface area contributed by atoms with Crippen LogP contribution >= 0.6 is 0 Å². The molecule has 0 saturated carbocycles. The highest BCUT2D eigenvalue weighted by Gasteiger charge is 2.20. The van der Waals surface area contributed by atoms with Crippen LogP contribution in [0.5, 0.6) is 0 Å². The van der Waals surface area contributed by atoms with Crippen LogP contribution in [0.3, 0.4) is 0 Å². The van der Waals surface area contributed by atoms with Crippen molar-refractivity contribution >= 4 is 5.82 Å². The minimum Gasteiger partial charge on any atom is -0.357 e. The van der Waals surface area contributed by atoms with Gasteiger partial charge in [-0.1, -0.05) is 19.9 Å². The summed E-state index contributed by atoms with van der Waals surface area (Å²) in [5.74, 6) is 2.91. The Bertz CT molecular complexity index is 300. The van der Waals surface area contributed by atoms with Crippen molar-refractivity contribution in [3.63, 3.8) is 0 Å². The summed E-state index contributed by atoms with van der Waals surface area (Å²) in [5.41, 5.74) is 0. The third kappa shape index (κ3) is 2.97. The van der Waals surface area contributed by atoms with Crippen molar-refractivity contribution in [1.82, 2.24) is 4.98 Å². The second-order valence-electron chi connectivity index (χ2n) is 5.25. The van der Waals surface area contributed by atoms with Crippen LogP contribution < -0.4 is 4.90 Å². The zero-order chi connectivity index (χ0) is 11.4. The van der Waals surface area contributed by atoms with Crippen LogP contribution in [0.1, 0.15) is 33.1 Å². The Balaban J connectivity index is 1.86. The van der Waals surface area contributed by atoms with Gasteiger partial charge in [0.05, 0.1) is 0 Å². The van der Waals surface area contributed by atoms with Crippen molar-refractivity contribution in [2.45, 2.75) is 33.1 Å². The highest BCUT2D eigenvalue weighted by Crippen LogP contribution is 2.26. The molecule has 0 spiro atoms. The minimum absolute atomic E-state index is 0.839. The van der Waals surface area contributed by atoms with Crippen molar-refractivity contribution in [2.24, 2.45) is 11.8 Å². The summed E-state index contributed by atoms with van der Waals surface area (Å²) in [6, 6.07) is 6.17. The molecule has 1 aromatic heterocycles. The van der Waals surface area contributed by atoms with E-state index in [0.29, 0.717) is 0 Å². The lowest BCUT2D eigenvalue weighted by Crippen LogP contribution is -2.34. The lowest BCUT2D eigenvalue weighted by Gasteiger charge is -2.33. The molecular formula is C14H22N2. The molecule has 1 aliphatic heterocycles. The molecule has 1 aliphatic rings. The highest BCUT2D eigenvalue weighted by molar-refractivity contribution is 5.37. The van der Waals surface area contributed by atoms with Crippen LogP contribution in [0.4, 0.5) is 5.82 Å². The van der Waals surface area contributed by atoms with Crippen molar-refractivity contribution in [3.8, 4) is 0 Å². The topological polar surface area (TPSA) is 16.1 Å². The van der Waals surface area contributed by atoms with Gasteiger partial charge in [0, 0.05) is 19.3 Å². The summed E-state index contributed by atoms with van der Waals surface area (Å²) in [7, 11) is 0. The Morgan fingerprint density at radius 3 is 2.62 bits per heavy atom. The largest absolute Gasteiger partial charge is 0.357 e. The monoisotopic (exact) mass is 218 g/mol. The van der Waals surface area contributed by atoms with Crippen molar-refractivity contribution in [2.75, 3.05) is 18.0 Å². The number of aromatic nitrogens is 1. The molecule has 2 nitrogen and oxygen atoms in total. The van der Waals surface area contributed by atoms with Gasteiger partial charge in [0.15, 0.2) is 0 Å². The molecule has 0 atom stereocenters. The van der Waals surface area contributed by atoms with E-state index >= 15 is 0 Å². The maximum Gasteiger partial charge on any atom is 0.128 e. The molecule has 1 fully saturated rings. The Morgan fingerprint density at radius 1 is 1.31 bits per heavy atom. The fourth-order valence-electron chi connectivity index (χ4n) is 2.61. The summed E-state index contributed by atoms with van der Waals surface area (Å²) < 4.78 is 0. The van der Waals surface area contributed by atoms with E-state index in [-0.39, 0.29) is 0 Å². The van der Waals surface area contributed by atoms with E-state index in [9.17, 15) is 0 Å². The molecule has 2 heterocycles. The predicted molar refractivity (Wildman–Crippen MR) is 68.6 cm³/mol. The Labute approximate surface area is 98.7 Å². The summed E-state index contributed by atoms with van der Waals surface area (Å²) in [4.78, 5) is 6.83. The van der Waals surface area contributed by atoms with Gasteiger partial charge in [-0.3, -0.25) is 0 Å². The normalized spacial score (nSPS) is 18.1. The third-order valence-corrected chi connectivity index (χ3v) is 3.39. The lowest BCUT2D eigenvalue weighted by atomic mass is 9.89. The smallest absolute Gasteiger partial charge is 0.128 e. The van der Waals surface area contributed by atoms with Crippen LogP contribution in [0.15, 0.2) is 24.4 Å². The van der Waals surface area contributed by atoms with Gasteiger partial charge in [0.2, 0.25) is 0 Å². The number of anilines is 1. The Kier molecular flexibility index (Phi) is 3.81. The molecule has 1 saturated heterocycles. The van der Waals surface area contributed by atoms with Gasteiger partial charge in [0.25, 0.3) is 0 Å². The Morgan fingerprint density at radius 2 is 2.06 bits per heavy atom. The van der Waals surface area contributed by atoms with Gasteiger partial charge in [-0.25, -0.2) is 4.98 Å². The molecule has 88 valence electrons. The molecule has 0 unspecified atom stereocenters. The molecule has 0 aromatic carbocycles. The molecule has 0 radical (unpaired) electrons. The molecule has 0 N–H and O–H groups in total. The minimum atomic E-state index is 0.839. The van der Waals surface area contributed by atoms with Gasteiger partial charge >= 0.3 is 0 Å². The zero-order valence-electron chi connectivity index (χ0n) is 10.4. The predicted octanol–water partition coefficient (Wildman–Crippen LogP) is 3.34. The average molecular weight is 218 g/mol. The van der Waals surface area contributed by atoms with Gasteiger partial charge in [-0.15, -0.1) is 0 Å². The molecular weight excluding hydrogens is 196 g/mol. The standard InChI is InChI=1S/C14H22N2/c1-12(2)11-13-6-9-16(10-7-13)14-5-3-4-8-15-14/h3-5,8,12-13H,6-7,9-11H2,1-2H3. The van der Waals surface area contributed by atoms with Gasteiger partial charge in [-0.2, -0.15) is 0 Å². The molecule has 2 heteroatoms. The fraction of sp³-hybridized carbons (Fsp3) is 0.643. The summed E-state index contributed by atoms with van der Waals surface area (Å²) >= 11 is 0. The second kappa shape index (κ2) is 5.33. The van der Waals surface area contributed by atoms with Crippen LogP contribution in [0, 0.1) is 11.8 Å². The van der Waals surface area contributed by atoms with Gasteiger partial charge in [-0.05, 0) is 43.2 Å². The zero-order valence-corrected chi connectivity index (χ0v) is 10.4. The van der Waals surface area contributed by atoms with E-state index in [0.717, 1.165) is 17.7 Å². The average Bonchev–Trinajstić information content (AvgIpc) is 2.30. The van der Waals surface area contributed by atoms with E-state index in [2.05, 4.69) is 35.9 Å². The molecule has 0 aliphatic carbocycles. The summed E-state index contributed by atoms with van der Waals surface area (Å²) in [6.45, 7) is 7.00. The number of hydrogen-bond acceptors (Lipinski definition) is 2. The molecule has 2 rings (SSSR count). The van der Waals surface area contributed by atoms with E-state index in [1.165, 1.54) is 32.4 Å². The Hall–Kier alpha value is -1.05. The molecule has 16 heavy (non-hydrogen) atoms. The second-order valence-corrected chi connectivity index (χ2v) is 5.25. The summed E-state index contributed by atoms with van der Waals surface area (Å²) in [6.07, 6.45) is 5.93. The molecule has 0 bridgehead atoms. The number of piperidine rings is 1. The van der Waals surface area contributed by atoms with E-state index in [1.54, 1.807) is 0 Å². The highest BCUT2D eigenvalue weighted by atomic mass is 15.2. The SMILES string of the molecule is CC(C)CC1CCN(c2ccccn2)CC1. The number of hydrogen-bond donors (Lipinski definition) is 0. The number of rotatable bonds is 3. The number of nitrogens with zero attached hydrogens (tertiary/aromatic N) is 2.